The Morgan fingerprint density at radius 2 is 1.85 bits per heavy atom. The zero-order valence-electron chi connectivity index (χ0n) is 19.1. The van der Waals surface area contributed by atoms with E-state index in [0.29, 0.717) is 6.04 Å². The monoisotopic (exact) mass is 447 g/mol. The fraction of sp³-hybridized carbons (Fsp3) is 0.500. The van der Waals surface area contributed by atoms with E-state index in [0.717, 1.165) is 69.5 Å². The van der Waals surface area contributed by atoms with Crippen molar-refractivity contribution in [3.05, 3.63) is 64.6 Å². The van der Waals surface area contributed by atoms with Crippen LogP contribution in [0.15, 0.2) is 53.5 Å². The van der Waals surface area contributed by atoms with Crippen LogP contribution in [0.3, 0.4) is 0 Å². The van der Waals surface area contributed by atoms with Crippen molar-refractivity contribution >= 4 is 16.7 Å². The second kappa shape index (κ2) is 10.0. The first-order chi connectivity index (χ1) is 16.2. The summed E-state index contributed by atoms with van der Waals surface area (Å²) in [5.41, 5.74) is 2.15. The van der Waals surface area contributed by atoms with Crippen molar-refractivity contribution in [2.24, 2.45) is 0 Å². The number of nitrogens with zero attached hydrogens (tertiary/aromatic N) is 4. The number of pyridine rings is 1. The number of hydrogen-bond acceptors (Lipinski definition) is 6. The molecule has 0 bridgehead atoms. The van der Waals surface area contributed by atoms with E-state index in [4.69, 9.17) is 5.10 Å². The average Bonchev–Trinajstić information content (AvgIpc) is 2.85. The highest BCUT2D eigenvalue weighted by Gasteiger charge is 2.28. The minimum atomic E-state index is -0.492. The van der Waals surface area contributed by atoms with Crippen LogP contribution in [0.4, 0.5) is 5.82 Å². The maximum absolute atomic E-state index is 12.6. The molecule has 2 aliphatic rings. The van der Waals surface area contributed by atoms with Gasteiger partial charge in [-0.1, -0.05) is 31.0 Å². The highest BCUT2D eigenvalue weighted by atomic mass is 16.3. The second-order valence-electron chi connectivity index (χ2n) is 9.35. The van der Waals surface area contributed by atoms with Gasteiger partial charge in [0.25, 0.3) is 5.56 Å². The summed E-state index contributed by atoms with van der Waals surface area (Å²) in [6.45, 7) is 2.57. The SMILES string of the molecule is O=c1ccc(N2CCCCC2CNCc2ccnc3ccccc23)nn1C1CCCCC1O. The van der Waals surface area contributed by atoms with Gasteiger partial charge in [-0.05, 0) is 55.9 Å². The summed E-state index contributed by atoms with van der Waals surface area (Å²) in [6, 6.07) is 13.9. The molecule has 3 heterocycles. The Hall–Kier alpha value is -2.77. The molecule has 7 nitrogen and oxygen atoms in total. The van der Waals surface area contributed by atoms with Crippen molar-refractivity contribution in [2.75, 3.05) is 18.0 Å². The molecule has 3 aromatic rings. The van der Waals surface area contributed by atoms with E-state index in [1.54, 1.807) is 10.7 Å². The maximum Gasteiger partial charge on any atom is 0.267 e. The van der Waals surface area contributed by atoms with E-state index in [-0.39, 0.29) is 11.6 Å². The second-order valence-corrected chi connectivity index (χ2v) is 9.35. The smallest absolute Gasteiger partial charge is 0.267 e. The molecule has 2 N–H and O–H groups in total. The summed E-state index contributed by atoms with van der Waals surface area (Å²) in [5.74, 6) is 0.841. The van der Waals surface area contributed by atoms with E-state index in [1.807, 2.05) is 24.4 Å². The van der Waals surface area contributed by atoms with E-state index in [9.17, 15) is 9.90 Å². The number of rotatable bonds is 6. The Labute approximate surface area is 194 Å². The first-order valence-corrected chi connectivity index (χ1v) is 12.3. The molecule has 1 aromatic carbocycles. The van der Waals surface area contributed by atoms with Crippen LogP contribution in [0.1, 0.15) is 56.6 Å². The Kier molecular flexibility index (Phi) is 6.69. The van der Waals surface area contributed by atoms with Gasteiger partial charge in [-0.25, -0.2) is 4.68 Å². The molecule has 2 fully saturated rings. The van der Waals surface area contributed by atoms with Gasteiger partial charge in [-0.3, -0.25) is 9.78 Å². The Morgan fingerprint density at radius 1 is 1.00 bits per heavy atom. The summed E-state index contributed by atoms with van der Waals surface area (Å²) >= 11 is 0. The Balaban J connectivity index is 1.31. The summed E-state index contributed by atoms with van der Waals surface area (Å²) < 4.78 is 1.54. The lowest BCUT2D eigenvalue weighted by Gasteiger charge is -2.37. The first kappa shape index (κ1) is 22.0. The Morgan fingerprint density at radius 3 is 2.76 bits per heavy atom. The summed E-state index contributed by atoms with van der Waals surface area (Å²) in [6.07, 6.45) is 8.38. The zero-order valence-corrected chi connectivity index (χ0v) is 19.1. The normalized spacial score (nSPS) is 23.7. The summed E-state index contributed by atoms with van der Waals surface area (Å²) in [7, 11) is 0. The lowest BCUT2D eigenvalue weighted by molar-refractivity contribution is 0.0669. The molecule has 3 unspecified atom stereocenters. The van der Waals surface area contributed by atoms with Gasteiger partial charge in [-0.2, -0.15) is 5.10 Å². The third kappa shape index (κ3) is 4.80. The molecule has 2 aromatic heterocycles. The third-order valence-corrected chi connectivity index (χ3v) is 7.18. The maximum atomic E-state index is 12.6. The number of hydrogen-bond donors (Lipinski definition) is 2. The molecule has 174 valence electrons. The molecule has 5 rings (SSSR count). The summed E-state index contributed by atoms with van der Waals surface area (Å²) in [4.78, 5) is 19.4. The quantitative estimate of drug-likeness (QED) is 0.603. The molecule has 1 aliphatic carbocycles. The minimum Gasteiger partial charge on any atom is -0.391 e. The minimum absolute atomic E-state index is 0.124. The van der Waals surface area contributed by atoms with Crippen molar-refractivity contribution in [2.45, 2.75) is 69.7 Å². The van der Waals surface area contributed by atoms with Crippen LogP contribution in [0.25, 0.3) is 10.9 Å². The van der Waals surface area contributed by atoms with E-state index < -0.39 is 6.10 Å². The standard InChI is InChI=1S/C26H33N5O2/c32-24-11-4-3-10-23(24)31-26(33)13-12-25(29-31)30-16-6-5-7-20(30)18-27-17-19-14-15-28-22-9-2-1-8-21(19)22/h1-2,8-9,12-15,20,23-24,27,32H,3-7,10-11,16-18H2. The van der Waals surface area contributed by atoms with E-state index >= 15 is 0 Å². The average molecular weight is 448 g/mol. The van der Waals surface area contributed by atoms with Gasteiger partial charge in [0.05, 0.1) is 17.7 Å². The van der Waals surface area contributed by atoms with Gasteiger partial charge in [-0.15, -0.1) is 0 Å². The van der Waals surface area contributed by atoms with Gasteiger partial charge < -0.3 is 15.3 Å². The van der Waals surface area contributed by atoms with Gasteiger partial charge in [0.1, 0.15) is 5.82 Å². The molecular weight excluding hydrogens is 414 g/mol. The number of nitrogens with one attached hydrogen (secondary N) is 1. The van der Waals surface area contributed by atoms with Gasteiger partial charge in [0.15, 0.2) is 0 Å². The molecule has 3 atom stereocenters. The molecular formula is C26H33N5O2. The largest absolute Gasteiger partial charge is 0.391 e. The highest BCUT2D eigenvalue weighted by Crippen LogP contribution is 2.28. The number of anilines is 1. The van der Waals surface area contributed by atoms with Crippen LogP contribution in [-0.4, -0.2) is 45.1 Å². The van der Waals surface area contributed by atoms with Crippen LogP contribution >= 0.6 is 0 Å². The molecule has 0 radical (unpaired) electrons. The molecule has 1 saturated carbocycles. The first-order valence-electron chi connectivity index (χ1n) is 12.3. The van der Waals surface area contributed by atoms with Crippen LogP contribution in [-0.2, 0) is 6.54 Å². The molecule has 0 amide bonds. The van der Waals surface area contributed by atoms with Crippen molar-refractivity contribution in [3.63, 3.8) is 0 Å². The van der Waals surface area contributed by atoms with Crippen molar-refractivity contribution in [1.29, 1.82) is 0 Å². The third-order valence-electron chi connectivity index (χ3n) is 7.18. The number of benzene rings is 1. The van der Waals surface area contributed by atoms with Crippen LogP contribution in [0.5, 0.6) is 0 Å². The Bertz CT molecular complexity index is 1140. The summed E-state index contributed by atoms with van der Waals surface area (Å²) in [5, 5.41) is 20.1. The van der Waals surface area contributed by atoms with Crippen LogP contribution < -0.4 is 15.8 Å². The fourth-order valence-electron chi connectivity index (χ4n) is 5.38. The molecule has 1 aliphatic heterocycles. The predicted octanol–water partition coefficient (Wildman–Crippen LogP) is 3.42. The molecule has 7 heteroatoms. The molecule has 1 saturated heterocycles. The van der Waals surface area contributed by atoms with Crippen LogP contribution in [0.2, 0.25) is 0 Å². The fourth-order valence-corrected chi connectivity index (χ4v) is 5.38. The number of aromatic nitrogens is 3. The van der Waals surface area contributed by atoms with Crippen molar-refractivity contribution in [1.82, 2.24) is 20.1 Å². The van der Waals surface area contributed by atoms with E-state index in [2.05, 4.69) is 33.4 Å². The van der Waals surface area contributed by atoms with Gasteiger partial charge in [0, 0.05) is 43.3 Å². The number of aliphatic hydroxyl groups is 1. The number of aliphatic hydroxyl groups excluding tert-OH is 1. The number of para-hydroxylation sites is 1. The van der Waals surface area contributed by atoms with Crippen LogP contribution in [0, 0.1) is 0 Å². The van der Waals surface area contributed by atoms with Crippen molar-refractivity contribution in [3.8, 4) is 0 Å². The predicted molar refractivity (Wildman–Crippen MR) is 130 cm³/mol. The highest BCUT2D eigenvalue weighted by molar-refractivity contribution is 5.81. The lowest BCUT2D eigenvalue weighted by Crippen LogP contribution is -2.47. The number of fused-ring (bicyclic) bond motifs is 1. The van der Waals surface area contributed by atoms with Gasteiger partial charge >= 0.3 is 0 Å². The van der Waals surface area contributed by atoms with Crippen molar-refractivity contribution < 1.29 is 5.11 Å². The van der Waals surface area contributed by atoms with Gasteiger partial charge in [0.2, 0.25) is 0 Å². The lowest BCUT2D eigenvalue weighted by atomic mass is 9.93. The topological polar surface area (TPSA) is 83.3 Å². The molecule has 0 spiro atoms. The zero-order chi connectivity index (χ0) is 22.6. The number of piperidine rings is 1. The molecule has 33 heavy (non-hydrogen) atoms. The van der Waals surface area contributed by atoms with E-state index in [1.165, 1.54) is 17.4 Å².